The Morgan fingerprint density at radius 1 is 0.808 bits per heavy atom. The van der Waals surface area contributed by atoms with E-state index >= 15 is 0 Å². The molecule has 0 fully saturated rings. The lowest BCUT2D eigenvalue weighted by Gasteiger charge is -2.08. The summed E-state index contributed by atoms with van der Waals surface area (Å²) in [6.45, 7) is 3.04. The van der Waals surface area contributed by atoms with Crippen LogP contribution in [0.3, 0.4) is 0 Å². The molecule has 0 saturated carbocycles. The van der Waals surface area contributed by atoms with Crippen molar-refractivity contribution in [2.24, 2.45) is 0 Å². The third-order valence-electron chi connectivity index (χ3n) is 4.42. The average Bonchev–Trinajstić information content (AvgIpc) is 2.65. The molecule has 0 radical (unpaired) electrons. The summed E-state index contributed by atoms with van der Waals surface area (Å²) in [5, 5.41) is 5.85. The SMILES string of the molecule is CCCCCCCCCCCCNC(=O)C(=O)NCc1ccccc1Cl. The summed E-state index contributed by atoms with van der Waals surface area (Å²) in [5.41, 5.74) is 0.796. The lowest BCUT2D eigenvalue weighted by atomic mass is 10.1. The van der Waals surface area contributed by atoms with E-state index in [0.29, 0.717) is 11.6 Å². The van der Waals surface area contributed by atoms with Gasteiger partial charge >= 0.3 is 11.8 Å². The van der Waals surface area contributed by atoms with Gasteiger partial charge in [-0.3, -0.25) is 9.59 Å². The van der Waals surface area contributed by atoms with Crippen molar-refractivity contribution in [1.82, 2.24) is 10.6 Å². The largest absolute Gasteiger partial charge is 0.348 e. The molecule has 2 amide bonds. The van der Waals surface area contributed by atoms with E-state index in [1.807, 2.05) is 18.2 Å². The molecule has 0 bridgehead atoms. The third-order valence-corrected chi connectivity index (χ3v) is 4.79. The van der Waals surface area contributed by atoms with Gasteiger partial charge in [0.1, 0.15) is 0 Å². The maximum Gasteiger partial charge on any atom is 0.309 e. The fourth-order valence-electron chi connectivity index (χ4n) is 2.79. The second-order valence-electron chi connectivity index (χ2n) is 6.71. The van der Waals surface area contributed by atoms with Gasteiger partial charge in [0.2, 0.25) is 0 Å². The first kappa shape index (κ1) is 22.5. The van der Waals surface area contributed by atoms with Crippen molar-refractivity contribution in [1.29, 1.82) is 0 Å². The number of unbranched alkanes of at least 4 members (excludes halogenated alkanes) is 9. The number of halogens is 1. The first-order valence-corrected chi connectivity index (χ1v) is 10.3. The molecule has 1 aromatic carbocycles. The number of carbonyl (C=O) groups is 2. The molecule has 1 aromatic rings. The zero-order valence-electron chi connectivity index (χ0n) is 16.0. The molecular weight excluding hydrogens is 348 g/mol. The fourth-order valence-corrected chi connectivity index (χ4v) is 2.99. The molecule has 0 heterocycles. The summed E-state index contributed by atoms with van der Waals surface area (Å²) in [4.78, 5) is 23.5. The van der Waals surface area contributed by atoms with Gasteiger partial charge in [0, 0.05) is 18.1 Å². The smallest absolute Gasteiger partial charge is 0.309 e. The van der Waals surface area contributed by atoms with Gasteiger partial charge in [-0.15, -0.1) is 0 Å². The van der Waals surface area contributed by atoms with E-state index < -0.39 is 11.8 Å². The Balaban J connectivity index is 1.99. The van der Waals surface area contributed by atoms with Crippen molar-refractivity contribution in [3.63, 3.8) is 0 Å². The number of nitrogens with one attached hydrogen (secondary N) is 2. The van der Waals surface area contributed by atoms with Crippen LogP contribution in [0.5, 0.6) is 0 Å². The van der Waals surface area contributed by atoms with E-state index in [-0.39, 0.29) is 6.54 Å². The summed E-state index contributed by atoms with van der Waals surface area (Å²) in [6.07, 6.45) is 12.5. The van der Waals surface area contributed by atoms with Crippen LogP contribution in [0.4, 0.5) is 0 Å². The van der Waals surface area contributed by atoms with Crippen molar-refractivity contribution in [2.75, 3.05) is 6.54 Å². The maximum absolute atomic E-state index is 11.8. The number of hydrogen-bond acceptors (Lipinski definition) is 2. The molecule has 26 heavy (non-hydrogen) atoms. The molecule has 5 heteroatoms. The van der Waals surface area contributed by atoms with Crippen molar-refractivity contribution in [3.8, 4) is 0 Å². The average molecular weight is 381 g/mol. The fraction of sp³-hybridized carbons (Fsp3) is 0.619. The highest BCUT2D eigenvalue weighted by Gasteiger charge is 2.12. The van der Waals surface area contributed by atoms with E-state index in [1.54, 1.807) is 6.07 Å². The molecule has 1 rings (SSSR count). The van der Waals surface area contributed by atoms with E-state index in [4.69, 9.17) is 11.6 Å². The summed E-state index contributed by atoms with van der Waals surface area (Å²) in [5.74, 6) is -1.19. The van der Waals surface area contributed by atoms with Gasteiger partial charge in [-0.1, -0.05) is 94.5 Å². The van der Waals surface area contributed by atoms with Crippen LogP contribution in [0.2, 0.25) is 5.02 Å². The van der Waals surface area contributed by atoms with E-state index in [0.717, 1.165) is 18.4 Å². The van der Waals surface area contributed by atoms with Gasteiger partial charge in [0.25, 0.3) is 0 Å². The molecule has 0 atom stereocenters. The predicted octanol–water partition coefficient (Wildman–Crippen LogP) is 4.99. The summed E-state index contributed by atoms with van der Waals surface area (Å²) in [6, 6.07) is 7.25. The molecule has 4 nitrogen and oxygen atoms in total. The molecule has 0 aliphatic rings. The van der Waals surface area contributed by atoms with Gasteiger partial charge in [-0.05, 0) is 18.1 Å². The van der Waals surface area contributed by atoms with Gasteiger partial charge in [0.15, 0.2) is 0 Å². The molecule has 0 aliphatic heterocycles. The van der Waals surface area contributed by atoms with Crippen molar-refractivity contribution < 1.29 is 9.59 Å². The lowest BCUT2D eigenvalue weighted by molar-refractivity contribution is -0.139. The Hall–Kier alpha value is -1.55. The van der Waals surface area contributed by atoms with Crippen LogP contribution in [-0.2, 0) is 16.1 Å². The minimum atomic E-state index is -0.614. The van der Waals surface area contributed by atoms with Crippen LogP contribution in [0.25, 0.3) is 0 Å². The van der Waals surface area contributed by atoms with Crippen LogP contribution in [-0.4, -0.2) is 18.4 Å². The standard InChI is InChI=1S/C21H33ClN2O2/c1-2-3-4-5-6-7-8-9-10-13-16-23-20(25)21(26)24-17-18-14-11-12-15-19(18)22/h11-12,14-15H,2-10,13,16-17H2,1H3,(H,23,25)(H,24,26). The van der Waals surface area contributed by atoms with Gasteiger partial charge < -0.3 is 10.6 Å². The number of rotatable bonds is 13. The molecule has 0 aliphatic carbocycles. The highest BCUT2D eigenvalue weighted by molar-refractivity contribution is 6.35. The van der Waals surface area contributed by atoms with E-state index in [2.05, 4.69) is 17.6 Å². The van der Waals surface area contributed by atoms with E-state index in [1.165, 1.54) is 51.4 Å². The highest BCUT2D eigenvalue weighted by Crippen LogP contribution is 2.14. The first-order valence-electron chi connectivity index (χ1n) is 9.94. The number of hydrogen-bond donors (Lipinski definition) is 2. The summed E-state index contributed by atoms with van der Waals surface area (Å²) < 4.78 is 0. The Morgan fingerprint density at radius 3 is 1.96 bits per heavy atom. The molecular formula is C21H33ClN2O2. The van der Waals surface area contributed by atoms with Gasteiger partial charge in [-0.25, -0.2) is 0 Å². The Kier molecular flexibility index (Phi) is 12.6. The Labute approximate surface area is 163 Å². The Morgan fingerprint density at radius 2 is 1.35 bits per heavy atom. The van der Waals surface area contributed by atoms with E-state index in [9.17, 15) is 9.59 Å². The van der Waals surface area contributed by atoms with Crippen molar-refractivity contribution >= 4 is 23.4 Å². The van der Waals surface area contributed by atoms with Crippen LogP contribution >= 0.6 is 11.6 Å². The van der Waals surface area contributed by atoms with Crippen LogP contribution in [0, 0.1) is 0 Å². The molecule has 2 N–H and O–H groups in total. The quantitative estimate of drug-likeness (QED) is 0.374. The second-order valence-corrected chi connectivity index (χ2v) is 7.12. The zero-order valence-corrected chi connectivity index (χ0v) is 16.7. The second kappa shape index (κ2) is 14.6. The van der Waals surface area contributed by atoms with Crippen LogP contribution < -0.4 is 10.6 Å². The lowest BCUT2D eigenvalue weighted by Crippen LogP contribution is -2.39. The van der Waals surface area contributed by atoms with Gasteiger partial charge in [0.05, 0.1) is 0 Å². The van der Waals surface area contributed by atoms with Crippen molar-refractivity contribution in [3.05, 3.63) is 34.9 Å². The molecule has 0 spiro atoms. The minimum Gasteiger partial charge on any atom is -0.348 e. The first-order chi connectivity index (χ1) is 12.6. The predicted molar refractivity (Wildman–Crippen MR) is 108 cm³/mol. The minimum absolute atomic E-state index is 0.254. The normalized spacial score (nSPS) is 10.5. The molecule has 0 unspecified atom stereocenters. The monoisotopic (exact) mass is 380 g/mol. The Bertz CT molecular complexity index is 534. The topological polar surface area (TPSA) is 58.2 Å². The maximum atomic E-state index is 11.8. The zero-order chi connectivity index (χ0) is 19.0. The summed E-state index contributed by atoms with van der Waals surface area (Å²) >= 11 is 6.02. The summed E-state index contributed by atoms with van der Waals surface area (Å²) in [7, 11) is 0. The van der Waals surface area contributed by atoms with Gasteiger partial charge in [-0.2, -0.15) is 0 Å². The van der Waals surface area contributed by atoms with Crippen LogP contribution in [0.1, 0.15) is 76.7 Å². The molecule has 146 valence electrons. The molecule has 0 aromatic heterocycles. The molecule has 0 saturated heterocycles. The third kappa shape index (κ3) is 10.4. The number of carbonyl (C=O) groups excluding carboxylic acids is 2. The number of benzene rings is 1. The highest BCUT2D eigenvalue weighted by atomic mass is 35.5. The number of amides is 2. The van der Waals surface area contributed by atoms with Crippen LogP contribution in [0.15, 0.2) is 24.3 Å². The van der Waals surface area contributed by atoms with Crippen molar-refractivity contribution in [2.45, 2.75) is 77.7 Å².